The van der Waals surface area contributed by atoms with Crippen molar-refractivity contribution in [3.63, 3.8) is 0 Å². The quantitative estimate of drug-likeness (QED) is 0.183. The summed E-state index contributed by atoms with van der Waals surface area (Å²) < 4.78 is 17.2. The zero-order chi connectivity index (χ0) is 28.0. The molecule has 4 aromatic rings. The topological polar surface area (TPSA) is 82.1 Å². The third kappa shape index (κ3) is 3.35. The van der Waals surface area contributed by atoms with Gasteiger partial charge in [-0.05, 0) is 65.8 Å². The lowest BCUT2D eigenvalue weighted by molar-refractivity contribution is -0.142. The van der Waals surface area contributed by atoms with Crippen molar-refractivity contribution in [3.05, 3.63) is 101 Å². The first kappa shape index (κ1) is 23.9. The third-order valence-corrected chi connectivity index (χ3v) is 9.02. The molecule has 1 saturated heterocycles. The second kappa shape index (κ2) is 8.54. The van der Waals surface area contributed by atoms with E-state index in [1.54, 1.807) is 6.07 Å². The molecule has 41 heavy (non-hydrogen) atoms. The Bertz CT molecular complexity index is 1870. The maximum absolute atomic E-state index is 14.3. The molecular formula is C34H25NO6. The average molecular weight is 544 g/mol. The molecule has 0 spiro atoms. The Kier molecular flexibility index (Phi) is 4.99. The van der Waals surface area contributed by atoms with Gasteiger partial charge in [0.1, 0.15) is 5.75 Å². The average Bonchev–Trinajstić information content (AvgIpc) is 3.55. The third-order valence-electron chi connectivity index (χ3n) is 9.02. The van der Waals surface area contributed by atoms with Crippen LogP contribution in [0.25, 0.3) is 16.3 Å². The molecule has 7 heteroatoms. The fourth-order valence-corrected chi connectivity index (χ4v) is 6.85. The Morgan fingerprint density at radius 1 is 0.780 bits per heavy atom. The van der Waals surface area contributed by atoms with Crippen LogP contribution in [0.15, 0.2) is 78.9 Å². The smallest absolute Gasteiger partial charge is 0.319 e. The number of benzene rings is 4. The highest BCUT2D eigenvalue weighted by atomic mass is 16.7. The van der Waals surface area contributed by atoms with Crippen molar-refractivity contribution < 1.29 is 28.6 Å². The molecule has 202 valence electrons. The minimum Gasteiger partial charge on any atom is -0.454 e. The van der Waals surface area contributed by atoms with E-state index in [1.165, 1.54) is 4.90 Å². The number of hydrogen-bond acceptors (Lipinski definition) is 6. The van der Waals surface area contributed by atoms with Gasteiger partial charge in [-0.1, -0.05) is 54.6 Å². The largest absolute Gasteiger partial charge is 0.454 e. The van der Waals surface area contributed by atoms with Crippen LogP contribution in [-0.4, -0.2) is 24.6 Å². The number of carbonyl (C=O) groups excluding carboxylic acids is 3. The van der Waals surface area contributed by atoms with Crippen molar-refractivity contribution in [2.45, 2.75) is 19.8 Å². The van der Waals surface area contributed by atoms with Crippen molar-refractivity contribution in [2.75, 3.05) is 11.7 Å². The van der Waals surface area contributed by atoms with E-state index in [9.17, 15) is 14.4 Å². The monoisotopic (exact) mass is 543 g/mol. The van der Waals surface area contributed by atoms with Gasteiger partial charge in [0.15, 0.2) is 11.5 Å². The molecule has 0 saturated carbocycles. The van der Waals surface area contributed by atoms with E-state index in [-0.39, 0.29) is 18.6 Å². The van der Waals surface area contributed by atoms with Gasteiger partial charge in [-0.2, -0.15) is 0 Å². The maximum Gasteiger partial charge on any atom is 0.319 e. The van der Waals surface area contributed by atoms with Gasteiger partial charge in [0.25, 0.3) is 0 Å². The molecule has 4 atom stereocenters. The van der Waals surface area contributed by atoms with E-state index in [1.807, 2.05) is 86.7 Å². The second-order valence-electron chi connectivity index (χ2n) is 11.2. The zero-order valence-electron chi connectivity index (χ0n) is 22.4. The van der Waals surface area contributed by atoms with Crippen molar-refractivity contribution in [1.29, 1.82) is 0 Å². The fourth-order valence-electron chi connectivity index (χ4n) is 6.85. The zero-order valence-corrected chi connectivity index (χ0v) is 22.4. The predicted molar refractivity (Wildman–Crippen MR) is 152 cm³/mol. The molecule has 4 aromatic carbocycles. The van der Waals surface area contributed by atoms with Crippen LogP contribution in [0.1, 0.15) is 28.2 Å². The van der Waals surface area contributed by atoms with Crippen LogP contribution in [0.3, 0.4) is 0 Å². The van der Waals surface area contributed by atoms with Gasteiger partial charge >= 0.3 is 5.97 Å². The van der Waals surface area contributed by atoms with Crippen LogP contribution >= 0.6 is 0 Å². The lowest BCUT2D eigenvalue weighted by Crippen LogP contribution is -2.42. The molecule has 8 rings (SSSR count). The highest BCUT2D eigenvalue weighted by Crippen LogP contribution is 2.56. The number of imide groups is 1. The van der Waals surface area contributed by atoms with Gasteiger partial charge in [0.05, 0.1) is 23.4 Å². The lowest BCUT2D eigenvalue weighted by Gasteiger charge is -2.38. The molecule has 1 aliphatic carbocycles. The summed E-state index contributed by atoms with van der Waals surface area (Å²) in [6.07, 6.45) is 1.99. The van der Waals surface area contributed by atoms with Crippen molar-refractivity contribution in [2.24, 2.45) is 17.8 Å². The molecule has 3 heterocycles. The molecule has 3 aliphatic heterocycles. The van der Waals surface area contributed by atoms with Crippen molar-refractivity contribution in [1.82, 2.24) is 0 Å². The Morgan fingerprint density at radius 2 is 1.59 bits per heavy atom. The summed E-state index contributed by atoms with van der Waals surface area (Å²) in [6.45, 7) is 4.06. The van der Waals surface area contributed by atoms with Gasteiger partial charge in [0.2, 0.25) is 18.6 Å². The van der Waals surface area contributed by atoms with Crippen molar-refractivity contribution in [3.8, 4) is 17.2 Å². The summed E-state index contributed by atoms with van der Waals surface area (Å²) in [5.74, 6) is -2.56. The van der Waals surface area contributed by atoms with Crippen molar-refractivity contribution >= 4 is 39.8 Å². The number of rotatable bonds is 2. The molecule has 2 amide bonds. The van der Waals surface area contributed by atoms with Crippen LogP contribution in [-0.2, 0) is 14.4 Å². The van der Waals surface area contributed by atoms with E-state index in [0.717, 1.165) is 33.0 Å². The van der Waals surface area contributed by atoms with E-state index in [0.29, 0.717) is 28.5 Å². The van der Waals surface area contributed by atoms with Crippen LogP contribution in [0.5, 0.6) is 17.2 Å². The van der Waals surface area contributed by atoms with Gasteiger partial charge < -0.3 is 14.2 Å². The Balaban J connectivity index is 1.34. The molecule has 0 N–H and O–H groups in total. The van der Waals surface area contributed by atoms with E-state index < -0.39 is 29.6 Å². The molecule has 7 nitrogen and oxygen atoms in total. The number of aryl methyl sites for hydroxylation is 2. The number of carbonyl (C=O) groups is 3. The number of allylic oxidation sites excluding steroid dienone is 1. The number of amides is 2. The number of hydrogen-bond donors (Lipinski definition) is 0. The second-order valence-corrected chi connectivity index (χ2v) is 11.2. The van der Waals surface area contributed by atoms with Gasteiger partial charge in [-0.25, -0.2) is 4.90 Å². The first-order chi connectivity index (χ1) is 19.9. The Labute approximate surface area is 235 Å². The van der Waals surface area contributed by atoms with Gasteiger partial charge in [-0.3, -0.25) is 14.4 Å². The maximum atomic E-state index is 14.3. The first-order valence-corrected chi connectivity index (χ1v) is 13.7. The van der Waals surface area contributed by atoms with Crippen LogP contribution in [0.2, 0.25) is 0 Å². The van der Waals surface area contributed by atoms with E-state index in [4.69, 9.17) is 14.2 Å². The van der Waals surface area contributed by atoms with Gasteiger partial charge in [0, 0.05) is 16.9 Å². The number of esters is 1. The van der Waals surface area contributed by atoms with Gasteiger partial charge in [-0.15, -0.1) is 0 Å². The van der Waals surface area contributed by atoms with E-state index >= 15 is 0 Å². The molecule has 0 aromatic heterocycles. The van der Waals surface area contributed by atoms with E-state index in [2.05, 4.69) is 0 Å². The SMILES string of the molecule is Cc1ccc(N2C(=O)[C@@H]3[C@@H]4C(=O)Oc5c(ccc6ccccc56)C4=C[C@H](c4ccc5c(c4)OCO5)[C@@H]3C2=O)cc1C. The summed E-state index contributed by atoms with van der Waals surface area (Å²) in [4.78, 5) is 43.5. The molecule has 0 bridgehead atoms. The molecule has 0 radical (unpaired) electrons. The summed E-state index contributed by atoms with van der Waals surface area (Å²) in [6, 6.07) is 22.8. The number of fused-ring (bicyclic) bond motifs is 8. The summed E-state index contributed by atoms with van der Waals surface area (Å²) in [7, 11) is 0. The summed E-state index contributed by atoms with van der Waals surface area (Å²) in [5.41, 5.74) is 4.85. The minimum absolute atomic E-state index is 0.128. The number of nitrogens with zero attached hydrogens (tertiary/aromatic N) is 1. The minimum atomic E-state index is -0.911. The molecule has 4 aliphatic rings. The highest BCUT2D eigenvalue weighted by molar-refractivity contribution is 6.24. The van der Waals surface area contributed by atoms with Crippen LogP contribution < -0.4 is 19.1 Å². The Morgan fingerprint density at radius 3 is 2.44 bits per heavy atom. The standard InChI is InChI=1S/C34H25NO6/c1-17-7-10-21(13-18(17)2)35-32(36)28-24(20-9-12-26-27(14-20)40-16-39-26)15-25-23-11-8-19-5-3-4-6-22(19)31(23)41-34(38)29(25)30(28)33(35)37/h3-15,24,28-30H,16H2,1-2H3/t24-,28+,29-,30+/m1/s1. The number of ether oxygens (including phenoxy) is 3. The lowest BCUT2D eigenvalue weighted by atomic mass is 9.64. The predicted octanol–water partition coefficient (Wildman–Crippen LogP) is 5.71. The highest BCUT2D eigenvalue weighted by Gasteiger charge is 2.60. The molecule has 1 fully saturated rings. The Hall–Kier alpha value is -4.91. The normalized spacial score (nSPS) is 24.1. The molecule has 0 unspecified atom stereocenters. The van der Waals surface area contributed by atoms with Crippen LogP contribution in [0, 0.1) is 31.6 Å². The first-order valence-electron chi connectivity index (χ1n) is 13.7. The fraction of sp³-hybridized carbons (Fsp3) is 0.206. The summed E-state index contributed by atoms with van der Waals surface area (Å²) in [5, 5.41) is 1.78. The molecular weight excluding hydrogens is 518 g/mol. The van der Waals surface area contributed by atoms with Crippen LogP contribution in [0.4, 0.5) is 5.69 Å². The number of anilines is 1. The summed E-state index contributed by atoms with van der Waals surface area (Å²) >= 11 is 0.